The standard InChI is InChI=1S/C22H27N3O2S/c26-22(19-7-1-2-8-20(19)28-16-18-6-5-13-27-18)24-15-17-9-10-21(23-14-17)25-11-3-4-12-25/h1-2,7-10,14,18H,3-6,11-13,15-16H2,(H,24,26). The summed E-state index contributed by atoms with van der Waals surface area (Å²) in [6.45, 7) is 3.52. The third-order valence-corrected chi connectivity index (χ3v) is 6.48. The maximum absolute atomic E-state index is 12.7. The van der Waals surface area contributed by atoms with Crippen LogP contribution in [0.1, 0.15) is 41.6 Å². The van der Waals surface area contributed by atoms with Gasteiger partial charge in [0.15, 0.2) is 0 Å². The van der Waals surface area contributed by atoms with Crippen molar-refractivity contribution in [3.05, 3.63) is 53.7 Å². The van der Waals surface area contributed by atoms with Crippen LogP contribution in [-0.4, -0.2) is 42.4 Å². The van der Waals surface area contributed by atoms with Gasteiger partial charge in [0.2, 0.25) is 0 Å². The Hall–Kier alpha value is -2.05. The third kappa shape index (κ3) is 4.86. The molecule has 6 heteroatoms. The van der Waals surface area contributed by atoms with E-state index in [-0.39, 0.29) is 5.91 Å². The molecule has 1 aromatic heterocycles. The Morgan fingerprint density at radius 3 is 2.79 bits per heavy atom. The van der Waals surface area contributed by atoms with E-state index in [1.54, 1.807) is 11.8 Å². The number of nitrogens with one attached hydrogen (secondary N) is 1. The molecule has 148 valence electrons. The van der Waals surface area contributed by atoms with Crippen LogP contribution in [0.4, 0.5) is 5.82 Å². The molecule has 2 aliphatic heterocycles. The van der Waals surface area contributed by atoms with Crippen molar-refractivity contribution in [3.63, 3.8) is 0 Å². The number of ether oxygens (including phenoxy) is 1. The van der Waals surface area contributed by atoms with E-state index in [0.717, 1.165) is 60.1 Å². The largest absolute Gasteiger partial charge is 0.377 e. The van der Waals surface area contributed by atoms with Crippen LogP contribution in [0.25, 0.3) is 0 Å². The number of anilines is 1. The summed E-state index contributed by atoms with van der Waals surface area (Å²) >= 11 is 1.71. The van der Waals surface area contributed by atoms with Gasteiger partial charge in [-0.25, -0.2) is 4.98 Å². The highest BCUT2D eigenvalue weighted by molar-refractivity contribution is 7.99. The number of carbonyl (C=O) groups excluding carboxylic acids is 1. The van der Waals surface area contributed by atoms with E-state index in [1.807, 2.05) is 30.5 Å². The van der Waals surface area contributed by atoms with E-state index in [4.69, 9.17) is 4.74 Å². The average molecular weight is 398 g/mol. The molecule has 0 aliphatic carbocycles. The molecule has 2 fully saturated rings. The second-order valence-corrected chi connectivity index (χ2v) is 8.41. The molecule has 0 spiro atoms. The van der Waals surface area contributed by atoms with Gasteiger partial charge in [-0.3, -0.25) is 4.79 Å². The number of hydrogen-bond acceptors (Lipinski definition) is 5. The number of hydrogen-bond donors (Lipinski definition) is 1. The van der Waals surface area contributed by atoms with Gasteiger partial charge in [-0.1, -0.05) is 18.2 Å². The number of nitrogens with zero attached hydrogens (tertiary/aromatic N) is 2. The fourth-order valence-electron chi connectivity index (χ4n) is 3.67. The van der Waals surface area contributed by atoms with Crippen LogP contribution in [0.5, 0.6) is 0 Å². The summed E-state index contributed by atoms with van der Waals surface area (Å²) in [5.41, 5.74) is 1.74. The third-order valence-electron chi connectivity index (χ3n) is 5.27. The number of amides is 1. The fourth-order valence-corrected chi connectivity index (χ4v) is 4.79. The first kappa shape index (κ1) is 19.3. The first-order valence-corrected chi connectivity index (χ1v) is 11.1. The molecule has 0 bridgehead atoms. The molecule has 1 N–H and O–H groups in total. The maximum atomic E-state index is 12.7. The molecule has 1 unspecified atom stereocenters. The average Bonchev–Trinajstić information content (AvgIpc) is 3.45. The van der Waals surface area contributed by atoms with E-state index in [1.165, 1.54) is 12.8 Å². The Labute approximate surface area is 170 Å². The van der Waals surface area contributed by atoms with Crippen molar-refractivity contribution in [2.45, 2.75) is 43.2 Å². The lowest BCUT2D eigenvalue weighted by molar-refractivity contribution is 0.0947. The predicted molar refractivity (Wildman–Crippen MR) is 113 cm³/mol. The van der Waals surface area contributed by atoms with Crippen molar-refractivity contribution in [1.29, 1.82) is 0 Å². The van der Waals surface area contributed by atoms with Crippen LogP contribution in [0.3, 0.4) is 0 Å². The Balaban J connectivity index is 1.33. The molecule has 2 saturated heterocycles. The summed E-state index contributed by atoms with van der Waals surface area (Å²) in [6.07, 6.45) is 6.90. The van der Waals surface area contributed by atoms with Crippen LogP contribution >= 0.6 is 11.8 Å². The molecular weight excluding hydrogens is 370 g/mol. The fraction of sp³-hybridized carbons (Fsp3) is 0.455. The van der Waals surface area contributed by atoms with Crippen LogP contribution in [0, 0.1) is 0 Å². The van der Waals surface area contributed by atoms with Gasteiger partial charge in [-0.2, -0.15) is 0 Å². The lowest BCUT2D eigenvalue weighted by Gasteiger charge is -2.16. The van der Waals surface area contributed by atoms with Gasteiger partial charge in [0.05, 0.1) is 11.7 Å². The van der Waals surface area contributed by atoms with Gasteiger partial charge < -0.3 is 15.0 Å². The normalized spacial score (nSPS) is 19.1. The van der Waals surface area contributed by atoms with Crippen molar-refractivity contribution in [2.24, 2.45) is 0 Å². The monoisotopic (exact) mass is 397 g/mol. The van der Waals surface area contributed by atoms with E-state index < -0.39 is 0 Å². The summed E-state index contributed by atoms with van der Waals surface area (Å²) < 4.78 is 5.70. The van der Waals surface area contributed by atoms with Crippen LogP contribution in [0.2, 0.25) is 0 Å². The molecule has 4 rings (SSSR count). The number of rotatable bonds is 7. The molecule has 2 aromatic rings. The summed E-state index contributed by atoms with van der Waals surface area (Å²) in [4.78, 5) is 20.6. The van der Waals surface area contributed by atoms with Crippen molar-refractivity contribution >= 4 is 23.5 Å². The zero-order valence-corrected chi connectivity index (χ0v) is 16.9. The Morgan fingerprint density at radius 1 is 1.18 bits per heavy atom. The highest BCUT2D eigenvalue weighted by atomic mass is 32.2. The molecule has 5 nitrogen and oxygen atoms in total. The number of carbonyl (C=O) groups is 1. The van der Waals surface area contributed by atoms with Crippen molar-refractivity contribution < 1.29 is 9.53 Å². The summed E-state index contributed by atoms with van der Waals surface area (Å²) in [5.74, 6) is 1.88. The van der Waals surface area contributed by atoms with Crippen LogP contribution in [0.15, 0.2) is 47.5 Å². The number of thioether (sulfide) groups is 1. The van der Waals surface area contributed by atoms with E-state index in [2.05, 4.69) is 27.3 Å². The number of aromatic nitrogens is 1. The minimum absolute atomic E-state index is 0.0425. The van der Waals surface area contributed by atoms with Gasteiger partial charge in [0.25, 0.3) is 5.91 Å². The van der Waals surface area contributed by atoms with Gasteiger partial charge in [0.1, 0.15) is 5.82 Å². The number of pyridine rings is 1. The van der Waals surface area contributed by atoms with E-state index in [0.29, 0.717) is 12.6 Å². The molecule has 0 saturated carbocycles. The molecule has 1 atom stereocenters. The van der Waals surface area contributed by atoms with Gasteiger partial charge >= 0.3 is 0 Å². The summed E-state index contributed by atoms with van der Waals surface area (Å²) in [7, 11) is 0. The Morgan fingerprint density at radius 2 is 2.04 bits per heavy atom. The van der Waals surface area contributed by atoms with Crippen molar-refractivity contribution in [3.8, 4) is 0 Å². The highest BCUT2D eigenvalue weighted by Gasteiger charge is 2.18. The quantitative estimate of drug-likeness (QED) is 0.719. The lowest BCUT2D eigenvalue weighted by Crippen LogP contribution is -2.24. The van der Waals surface area contributed by atoms with Crippen LogP contribution in [-0.2, 0) is 11.3 Å². The molecule has 0 radical (unpaired) electrons. The molecule has 3 heterocycles. The van der Waals surface area contributed by atoms with Crippen molar-refractivity contribution in [2.75, 3.05) is 30.3 Å². The minimum atomic E-state index is -0.0425. The molecular formula is C22H27N3O2S. The summed E-state index contributed by atoms with van der Waals surface area (Å²) in [6, 6.07) is 11.9. The van der Waals surface area contributed by atoms with Gasteiger partial charge in [-0.15, -0.1) is 11.8 Å². The second kappa shape index (κ2) is 9.43. The molecule has 28 heavy (non-hydrogen) atoms. The van der Waals surface area contributed by atoms with Gasteiger partial charge in [0, 0.05) is 43.1 Å². The minimum Gasteiger partial charge on any atom is -0.377 e. The van der Waals surface area contributed by atoms with E-state index in [9.17, 15) is 4.79 Å². The maximum Gasteiger partial charge on any atom is 0.252 e. The van der Waals surface area contributed by atoms with Crippen molar-refractivity contribution in [1.82, 2.24) is 10.3 Å². The van der Waals surface area contributed by atoms with Crippen LogP contribution < -0.4 is 10.2 Å². The topological polar surface area (TPSA) is 54.5 Å². The smallest absolute Gasteiger partial charge is 0.252 e. The SMILES string of the molecule is O=C(NCc1ccc(N2CCCC2)nc1)c1ccccc1SCC1CCCO1. The second-order valence-electron chi connectivity index (χ2n) is 7.34. The number of benzene rings is 1. The first-order valence-electron chi connectivity index (χ1n) is 10.1. The predicted octanol–water partition coefficient (Wildman–Crippen LogP) is 3.88. The molecule has 1 aromatic carbocycles. The highest BCUT2D eigenvalue weighted by Crippen LogP contribution is 2.27. The Bertz CT molecular complexity index is 785. The summed E-state index contributed by atoms with van der Waals surface area (Å²) in [5, 5.41) is 3.04. The zero-order valence-electron chi connectivity index (χ0n) is 16.1. The zero-order chi connectivity index (χ0) is 19.2. The molecule has 1 amide bonds. The lowest BCUT2D eigenvalue weighted by atomic mass is 10.2. The first-order chi connectivity index (χ1) is 13.8. The van der Waals surface area contributed by atoms with E-state index >= 15 is 0 Å². The molecule has 2 aliphatic rings. The Kier molecular flexibility index (Phi) is 6.49. The van der Waals surface area contributed by atoms with Gasteiger partial charge in [-0.05, 0) is 49.4 Å².